The van der Waals surface area contributed by atoms with E-state index in [9.17, 15) is 4.79 Å². The van der Waals surface area contributed by atoms with Crippen molar-refractivity contribution in [2.45, 2.75) is 18.8 Å². The van der Waals surface area contributed by atoms with Gasteiger partial charge in [0.15, 0.2) is 0 Å². The summed E-state index contributed by atoms with van der Waals surface area (Å²) in [6.07, 6.45) is 3.28. The van der Waals surface area contributed by atoms with Crippen LogP contribution in [0.4, 0.5) is 5.69 Å². The number of nitrogens with zero attached hydrogens (tertiary/aromatic N) is 1. The molecule has 0 aromatic heterocycles. The van der Waals surface area contributed by atoms with Crippen LogP contribution in [-0.2, 0) is 0 Å². The number of piperidine rings is 1. The van der Waals surface area contributed by atoms with E-state index >= 15 is 0 Å². The molecule has 0 N–H and O–H groups in total. The lowest BCUT2D eigenvalue weighted by atomic mass is 9.89. The Morgan fingerprint density at radius 2 is 1.55 bits per heavy atom. The fourth-order valence-electron chi connectivity index (χ4n) is 2.96. The molecular weight excluding hydrogens is 246 g/mol. The first-order valence-corrected chi connectivity index (χ1v) is 7.22. The Balaban J connectivity index is 1.64. The molecular formula is C18H19NO. The summed E-state index contributed by atoms with van der Waals surface area (Å²) >= 11 is 0. The molecule has 0 atom stereocenters. The lowest BCUT2D eigenvalue weighted by Gasteiger charge is -2.34. The summed E-state index contributed by atoms with van der Waals surface area (Å²) < 4.78 is 0. The number of rotatable bonds is 3. The zero-order valence-electron chi connectivity index (χ0n) is 11.5. The van der Waals surface area contributed by atoms with Gasteiger partial charge in [0, 0.05) is 24.3 Å². The van der Waals surface area contributed by atoms with Crippen molar-refractivity contribution in [1.82, 2.24) is 0 Å². The van der Waals surface area contributed by atoms with E-state index in [1.165, 1.54) is 24.1 Å². The largest absolute Gasteiger partial charge is 0.371 e. The van der Waals surface area contributed by atoms with Gasteiger partial charge in [-0.2, -0.15) is 0 Å². The Hall–Kier alpha value is -2.09. The van der Waals surface area contributed by atoms with Gasteiger partial charge in [0.25, 0.3) is 0 Å². The lowest BCUT2D eigenvalue weighted by Crippen LogP contribution is -2.32. The molecule has 1 fully saturated rings. The zero-order valence-corrected chi connectivity index (χ0v) is 11.5. The maximum Gasteiger partial charge on any atom is 0.150 e. The third-order valence-electron chi connectivity index (χ3n) is 4.16. The highest BCUT2D eigenvalue weighted by atomic mass is 16.1. The van der Waals surface area contributed by atoms with Crippen molar-refractivity contribution in [3.8, 4) is 0 Å². The molecule has 1 aliphatic rings. The topological polar surface area (TPSA) is 20.3 Å². The molecule has 2 nitrogen and oxygen atoms in total. The summed E-state index contributed by atoms with van der Waals surface area (Å²) in [4.78, 5) is 13.1. The van der Waals surface area contributed by atoms with Gasteiger partial charge in [0.2, 0.25) is 0 Å². The van der Waals surface area contributed by atoms with Crippen LogP contribution in [-0.4, -0.2) is 19.4 Å². The normalized spacial score (nSPS) is 16.1. The summed E-state index contributed by atoms with van der Waals surface area (Å²) in [5.74, 6) is 0.682. The first-order valence-electron chi connectivity index (χ1n) is 7.22. The molecule has 0 radical (unpaired) electrons. The number of benzene rings is 2. The van der Waals surface area contributed by atoms with Crippen molar-refractivity contribution in [2.75, 3.05) is 18.0 Å². The molecule has 1 aliphatic heterocycles. The highest BCUT2D eigenvalue weighted by molar-refractivity contribution is 5.75. The Kier molecular flexibility index (Phi) is 3.82. The van der Waals surface area contributed by atoms with Gasteiger partial charge in [0.1, 0.15) is 6.29 Å². The summed E-state index contributed by atoms with van der Waals surface area (Å²) in [6, 6.07) is 18.7. The van der Waals surface area contributed by atoms with Gasteiger partial charge in [-0.25, -0.2) is 0 Å². The van der Waals surface area contributed by atoms with Crippen molar-refractivity contribution >= 4 is 12.0 Å². The van der Waals surface area contributed by atoms with Crippen LogP contribution in [0.2, 0.25) is 0 Å². The fourth-order valence-corrected chi connectivity index (χ4v) is 2.96. The summed E-state index contributed by atoms with van der Waals surface area (Å²) in [7, 11) is 0. The van der Waals surface area contributed by atoms with Crippen LogP contribution in [0.25, 0.3) is 0 Å². The Labute approximate surface area is 120 Å². The molecule has 2 heteroatoms. The van der Waals surface area contributed by atoms with Crippen LogP contribution in [0.5, 0.6) is 0 Å². The Morgan fingerprint density at radius 3 is 2.15 bits per heavy atom. The van der Waals surface area contributed by atoms with Crippen molar-refractivity contribution in [3.05, 3.63) is 65.7 Å². The van der Waals surface area contributed by atoms with E-state index in [0.29, 0.717) is 5.92 Å². The van der Waals surface area contributed by atoms with Gasteiger partial charge in [0.05, 0.1) is 0 Å². The molecule has 0 spiro atoms. The highest BCUT2D eigenvalue weighted by Gasteiger charge is 2.20. The molecule has 0 amide bonds. The van der Waals surface area contributed by atoms with Gasteiger partial charge in [-0.3, -0.25) is 4.79 Å². The number of hydrogen-bond acceptors (Lipinski definition) is 2. The third kappa shape index (κ3) is 2.74. The average molecular weight is 265 g/mol. The second-order valence-electron chi connectivity index (χ2n) is 5.38. The lowest BCUT2D eigenvalue weighted by molar-refractivity contribution is 0.112. The van der Waals surface area contributed by atoms with Crippen molar-refractivity contribution in [2.24, 2.45) is 0 Å². The number of carbonyl (C=O) groups is 1. The number of hydrogen-bond donors (Lipinski definition) is 0. The summed E-state index contributed by atoms with van der Waals surface area (Å²) in [5.41, 5.74) is 3.43. The highest BCUT2D eigenvalue weighted by Crippen LogP contribution is 2.30. The molecule has 0 aliphatic carbocycles. The van der Waals surface area contributed by atoms with E-state index in [2.05, 4.69) is 35.2 Å². The molecule has 2 aromatic rings. The van der Waals surface area contributed by atoms with Crippen LogP contribution in [0.1, 0.15) is 34.7 Å². The van der Waals surface area contributed by atoms with Crippen LogP contribution in [0.3, 0.4) is 0 Å². The summed E-state index contributed by atoms with van der Waals surface area (Å²) in [6.45, 7) is 2.17. The number of carbonyl (C=O) groups excluding carboxylic acids is 1. The number of aldehydes is 1. The molecule has 2 aromatic carbocycles. The number of anilines is 1. The maximum absolute atomic E-state index is 10.7. The summed E-state index contributed by atoms with van der Waals surface area (Å²) in [5, 5.41) is 0. The Bertz CT molecular complexity index is 554. The maximum atomic E-state index is 10.7. The predicted molar refractivity (Wildman–Crippen MR) is 82.5 cm³/mol. The van der Waals surface area contributed by atoms with E-state index in [4.69, 9.17) is 0 Å². The van der Waals surface area contributed by atoms with Crippen LogP contribution in [0, 0.1) is 0 Å². The van der Waals surface area contributed by atoms with Gasteiger partial charge < -0.3 is 4.90 Å². The SMILES string of the molecule is O=Cc1ccc(N2CCC(c3ccccc3)CC2)cc1. The fraction of sp³-hybridized carbons (Fsp3) is 0.278. The van der Waals surface area contributed by atoms with Crippen molar-refractivity contribution in [3.63, 3.8) is 0 Å². The van der Waals surface area contributed by atoms with E-state index in [1.807, 2.05) is 24.3 Å². The van der Waals surface area contributed by atoms with Crippen LogP contribution < -0.4 is 4.90 Å². The van der Waals surface area contributed by atoms with Gasteiger partial charge in [-0.05, 0) is 48.6 Å². The second-order valence-corrected chi connectivity index (χ2v) is 5.38. The van der Waals surface area contributed by atoms with E-state index in [0.717, 1.165) is 24.9 Å². The molecule has 0 saturated carbocycles. The van der Waals surface area contributed by atoms with Gasteiger partial charge in [-0.1, -0.05) is 30.3 Å². The van der Waals surface area contributed by atoms with E-state index in [1.54, 1.807) is 0 Å². The third-order valence-corrected chi connectivity index (χ3v) is 4.16. The minimum atomic E-state index is 0.682. The first kappa shape index (κ1) is 12.9. The molecule has 1 saturated heterocycles. The predicted octanol–water partition coefficient (Wildman–Crippen LogP) is 3.88. The van der Waals surface area contributed by atoms with Crippen molar-refractivity contribution in [1.29, 1.82) is 0 Å². The second kappa shape index (κ2) is 5.91. The first-order chi connectivity index (χ1) is 9.86. The molecule has 3 rings (SSSR count). The smallest absolute Gasteiger partial charge is 0.150 e. The Morgan fingerprint density at radius 1 is 0.900 bits per heavy atom. The van der Waals surface area contributed by atoms with Crippen LogP contribution >= 0.6 is 0 Å². The molecule has 0 unspecified atom stereocenters. The molecule has 20 heavy (non-hydrogen) atoms. The van der Waals surface area contributed by atoms with Gasteiger partial charge >= 0.3 is 0 Å². The minimum absolute atomic E-state index is 0.682. The molecule has 0 bridgehead atoms. The van der Waals surface area contributed by atoms with Crippen molar-refractivity contribution < 1.29 is 4.79 Å². The zero-order chi connectivity index (χ0) is 13.8. The van der Waals surface area contributed by atoms with E-state index in [-0.39, 0.29) is 0 Å². The van der Waals surface area contributed by atoms with E-state index < -0.39 is 0 Å². The molecule has 1 heterocycles. The van der Waals surface area contributed by atoms with Gasteiger partial charge in [-0.15, -0.1) is 0 Å². The van der Waals surface area contributed by atoms with Crippen LogP contribution in [0.15, 0.2) is 54.6 Å². The monoisotopic (exact) mass is 265 g/mol. The quantitative estimate of drug-likeness (QED) is 0.785. The minimum Gasteiger partial charge on any atom is -0.371 e. The average Bonchev–Trinajstić information content (AvgIpc) is 2.56. The molecule has 102 valence electrons. The standard InChI is InChI=1S/C18H19NO/c20-14-15-6-8-18(9-7-15)19-12-10-17(11-13-19)16-4-2-1-3-5-16/h1-9,14,17H,10-13H2.